The summed E-state index contributed by atoms with van der Waals surface area (Å²) in [5.41, 5.74) is 11.3. The summed E-state index contributed by atoms with van der Waals surface area (Å²) in [6.07, 6.45) is 0.232. The third kappa shape index (κ3) is 6.67. The normalized spacial score (nSPS) is 12.2. The molecule has 0 aromatic heterocycles. The van der Waals surface area contributed by atoms with Crippen molar-refractivity contribution < 1.29 is 17.9 Å². The van der Waals surface area contributed by atoms with Gasteiger partial charge in [-0.05, 0) is 43.2 Å². The summed E-state index contributed by atoms with van der Waals surface area (Å²) < 4.78 is 32.9. The molecule has 0 aliphatic rings. The lowest BCUT2D eigenvalue weighted by atomic mass is 10.0. The molecule has 2 rings (SSSR count). The Morgan fingerprint density at radius 3 is 2.32 bits per heavy atom. The van der Waals surface area contributed by atoms with Crippen molar-refractivity contribution in [2.24, 2.45) is 16.5 Å². The van der Waals surface area contributed by atoms with Gasteiger partial charge in [0.1, 0.15) is 18.1 Å². The Morgan fingerprint density at radius 2 is 1.75 bits per heavy atom. The lowest BCUT2D eigenvalue weighted by Gasteiger charge is -2.16. The number of carbonyl (C=O) groups excluding carboxylic acids is 1. The molecule has 0 spiro atoms. The molecule has 28 heavy (non-hydrogen) atoms. The van der Waals surface area contributed by atoms with Gasteiger partial charge in [-0.2, -0.15) is 0 Å². The molecule has 0 amide bonds. The second-order valence-electron chi connectivity index (χ2n) is 6.10. The summed E-state index contributed by atoms with van der Waals surface area (Å²) >= 11 is 0. The number of hydrogen-bond donors (Lipinski definition) is 3. The maximum Gasteiger partial charge on any atom is 0.241 e. The Kier molecular flexibility index (Phi) is 7.53. The molecular formula is C19H24N4O4S. The van der Waals surface area contributed by atoms with Gasteiger partial charge in [0.15, 0.2) is 5.96 Å². The molecular weight excluding hydrogens is 380 g/mol. The highest BCUT2D eigenvalue weighted by Crippen LogP contribution is 2.15. The monoisotopic (exact) mass is 404 g/mol. The molecule has 2 aromatic carbocycles. The minimum atomic E-state index is -3.78. The fourth-order valence-electron chi connectivity index (χ4n) is 2.42. The third-order valence-electron chi connectivity index (χ3n) is 3.86. The maximum absolute atomic E-state index is 12.5. The quantitative estimate of drug-likeness (QED) is 0.305. The van der Waals surface area contributed by atoms with Gasteiger partial charge >= 0.3 is 0 Å². The number of Topliss-reactive ketones (excluding diaryl/α,β-unsaturated/α-hetero) is 1. The van der Waals surface area contributed by atoms with Gasteiger partial charge in [0.05, 0.1) is 17.5 Å². The van der Waals surface area contributed by atoms with Gasteiger partial charge in [-0.1, -0.05) is 30.3 Å². The van der Waals surface area contributed by atoms with Crippen molar-refractivity contribution in [1.29, 1.82) is 0 Å². The number of ketones is 1. The summed E-state index contributed by atoms with van der Waals surface area (Å²) in [5, 5.41) is 0. The SMILES string of the molecule is CC(=O)[C@H](Cc1ccc(OCCN=C(N)N)cc1)NS(=O)(=O)c1ccccc1. The zero-order valence-electron chi connectivity index (χ0n) is 15.5. The van der Waals surface area contributed by atoms with E-state index in [1.165, 1.54) is 19.1 Å². The average Bonchev–Trinajstić information content (AvgIpc) is 2.66. The molecule has 0 fully saturated rings. The lowest BCUT2D eigenvalue weighted by molar-refractivity contribution is -0.118. The fourth-order valence-corrected chi connectivity index (χ4v) is 3.69. The van der Waals surface area contributed by atoms with Gasteiger partial charge in [0.25, 0.3) is 0 Å². The van der Waals surface area contributed by atoms with Crippen molar-refractivity contribution in [2.45, 2.75) is 24.3 Å². The van der Waals surface area contributed by atoms with Crippen LogP contribution in [0.4, 0.5) is 0 Å². The van der Waals surface area contributed by atoms with Crippen LogP contribution in [-0.2, 0) is 21.2 Å². The Hall–Kier alpha value is -2.91. The van der Waals surface area contributed by atoms with Crippen LogP contribution >= 0.6 is 0 Å². The zero-order chi connectivity index (χ0) is 20.6. The van der Waals surface area contributed by atoms with Crippen LogP contribution in [0.15, 0.2) is 64.5 Å². The van der Waals surface area contributed by atoms with Gasteiger partial charge in [0.2, 0.25) is 10.0 Å². The minimum absolute atomic E-state index is 0.00665. The van der Waals surface area contributed by atoms with E-state index in [1.807, 2.05) is 0 Å². The first-order valence-corrected chi connectivity index (χ1v) is 10.1. The molecule has 8 nitrogen and oxygen atoms in total. The predicted molar refractivity (Wildman–Crippen MR) is 108 cm³/mol. The van der Waals surface area contributed by atoms with Crippen molar-refractivity contribution in [1.82, 2.24) is 4.72 Å². The van der Waals surface area contributed by atoms with E-state index < -0.39 is 16.1 Å². The Morgan fingerprint density at radius 1 is 1.11 bits per heavy atom. The molecule has 2 aromatic rings. The third-order valence-corrected chi connectivity index (χ3v) is 5.35. The van der Waals surface area contributed by atoms with E-state index in [9.17, 15) is 13.2 Å². The van der Waals surface area contributed by atoms with Crippen LogP contribution in [0.25, 0.3) is 0 Å². The molecule has 0 saturated heterocycles. The first-order valence-electron chi connectivity index (χ1n) is 8.63. The molecule has 150 valence electrons. The van der Waals surface area contributed by atoms with Crippen LogP contribution < -0.4 is 20.9 Å². The number of guanidine groups is 1. The second kappa shape index (κ2) is 9.86. The van der Waals surface area contributed by atoms with E-state index in [0.717, 1.165) is 5.56 Å². The standard InChI is InChI=1S/C19H24N4O4S/c1-14(24)18(23-28(25,26)17-5-3-2-4-6-17)13-15-7-9-16(10-8-15)27-12-11-22-19(20)21/h2-10,18,23H,11-13H2,1H3,(H4,20,21,22)/t18-/m0/s1. The molecule has 0 bridgehead atoms. The minimum Gasteiger partial charge on any atom is -0.492 e. The van der Waals surface area contributed by atoms with E-state index in [2.05, 4.69) is 9.71 Å². The molecule has 0 radical (unpaired) electrons. The number of carbonyl (C=O) groups is 1. The summed E-state index contributed by atoms with van der Waals surface area (Å²) in [7, 11) is -3.78. The topological polar surface area (TPSA) is 137 Å². The molecule has 1 atom stereocenters. The van der Waals surface area contributed by atoms with Crippen molar-refractivity contribution >= 4 is 21.8 Å². The van der Waals surface area contributed by atoms with Gasteiger partial charge in [-0.15, -0.1) is 0 Å². The van der Waals surface area contributed by atoms with Gasteiger partial charge in [0, 0.05) is 0 Å². The summed E-state index contributed by atoms with van der Waals surface area (Å²) in [4.78, 5) is 15.9. The van der Waals surface area contributed by atoms with Crippen LogP contribution in [0.5, 0.6) is 5.75 Å². The number of sulfonamides is 1. The van der Waals surface area contributed by atoms with Crippen LogP contribution in [0.1, 0.15) is 12.5 Å². The molecule has 5 N–H and O–H groups in total. The van der Waals surface area contributed by atoms with Crippen LogP contribution in [0.2, 0.25) is 0 Å². The largest absolute Gasteiger partial charge is 0.492 e. The highest BCUT2D eigenvalue weighted by Gasteiger charge is 2.23. The van der Waals surface area contributed by atoms with E-state index in [4.69, 9.17) is 16.2 Å². The zero-order valence-corrected chi connectivity index (χ0v) is 16.4. The van der Waals surface area contributed by atoms with E-state index in [1.54, 1.807) is 42.5 Å². The van der Waals surface area contributed by atoms with Crippen LogP contribution in [-0.4, -0.2) is 39.4 Å². The number of nitrogens with one attached hydrogen (secondary N) is 1. The predicted octanol–water partition coefficient (Wildman–Crippen LogP) is 0.817. The van der Waals surface area contributed by atoms with Crippen molar-refractivity contribution in [3.05, 3.63) is 60.2 Å². The summed E-state index contributed by atoms with van der Waals surface area (Å²) in [6, 6.07) is 14.1. The molecule has 0 heterocycles. The number of nitrogens with two attached hydrogens (primary N) is 2. The fraction of sp³-hybridized carbons (Fsp3) is 0.263. The molecule has 0 aliphatic carbocycles. The van der Waals surface area contributed by atoms with Gasteiger partial charge < -0.3 is 16.2 Å². The van der Waals surface area contributed by atoms with E-state index >= 15 is 0 Å². The molecule has 0 unspecified atom stereocenters. The Labute approximate surface area is 164 Å². The lowest BCUT2D eigenvalue weighted by Crippen LogP contribution is -2.41. The number of ether oxygens (including phenoxy) is 1. The molecule has 9 heteroatoms. The van der Waals surface area contributed by atoms with Crippen molar-refractivity contribution in [3.63, 3.8) is 0 Å². The summed E-state index contributed by atoms with van der Waals surface area (Å²) in [5.74, 6) is 0.364. The molecule has 0 saturated carbocycles. The van der Waals surface area contributed by atoms with Crippen molar-refractivity contribution in [2.75, 3.05) is 13.2 Å². The molecule has 0 aliphatic heterocycles. The number of nitrogens with zero attached hydrogens (tertiary/aromatic N) is 1. The highest BCUT2D eigenvalue weighted by atomic mass is 32.2. The number of rotatable bonds is 10. The number of aliphatic imine (C=N–C) groups is 1. The number of benzene rings is 2. The van der Waals surface area contributed by atoms with Gasteiger partial charge in [-0.3, -0.25) is 9.79 Å². The highest BCUT2D eigenvalue weighted by molar-refractivity contribution is 7.89. The van der Waals surface area contributed by atoms with Crippen molar-refractivity contribution in [3.8, 4) is 5.75 Å². The first kappa shape index (κ1) is 21.4. The number of hydrogen-bond acceptors (Lipinski definition) is 5. The van der Waals surface area contributed by atoms with Crippen LogP contribution in [0.3, 0.4) is 0 Å². The summed E-state index contributed by atoms with van der Waals surface area (Å²) in [6.45, 7) is 2.03. The van der Waals surface area contributed by atoms with Gasteiger partial charge in [-0.25, -0.2) is 13.1 Å². The maximum atomic E-state index is 12.5. The van der Waals surface area contributed by atoms with E-state index in [-0.39, 0.29) is 23.1 Å². The first-order chi connectivity index (χ1) is 13.3. The smallest absolute Gasteiger partial charge is 0.241 e. The Bertz CT molecular complexity index is 909. The average molecular weight is 404 g/mol. The van der Waals surface area contributed by atoms with E-state index in [0.29, 0.717) is 18.9 Å². The van der Waals surface area contributed by atoms with Crippen LogP contribution in [0, 0.1) is 0 Å². The second-order valence-corrected chi connectivity index (χ2v) is 7.81. The Balaban J connectivity index is 2.00.